The van der Waals surface area contributed by atoms with Gasteiger partial charge in [-0.15, -0.1) is 4.67 Å². The van der Waals surface area contributed by atoms with Crippen LogP contribution in [0, 0.1) is 0 Å². The minimum Gasteiger partial charge on any atom is -0.292 e. The van der Waals surface area contributed by atoms with Gasteiger partial charge in [-0.05, 0) is 48.6 Å². The van der Waals surface area contributed by atoms with Crippen LogP contribution in [0.15, 0.2) is 29.8 Å². The van der Waals surface area contributed by atoms with E-state index >= 15 is 0 Å². The van der Waals surface area contributed by atoms with Crippen LogP contribution in [-0.2, 0) is 0 Å². The second-order valence-corrected chi connectivity index (χ2v) is 6.09. The van der Waals surface area contributed by atoms with Crippen molar-refractivity contribution in [3.05, 3.63) is 46.0 Å². The zero-order chi connectivity index (χ0) is 12.8. The number of benzene rings is 1. The molecule has 1 fully saturated rings. The van der Waals surface area contributed by atoms with Crippen molar-refractivity contribution in [3.8, 4) is 0 Å². The van der Waals surface area contributed by atoms with Crippen molar-refractivity contribution in [2.45, 2.75) is 24.8 Å². The predicted molar refractivity (Wildman–Crippen MR) is 80.1 cm³/mol. The molecule has 0 amide bonds. The molecule has 0 aromatic heterocycles. The summed E-state index contributed by atoms with van der Waals surface area (Å²) in [4.78, 5) is 2.58. The molecule has 1 aromatic rings. The Hall–Kier alpha value is -1.34. The van der Waals surface area contributed by atoms with Crippen LogP contribution in [0.5, 0.6) is 0 Å². The average molecular weight is 272 g/mol. The minimum absolute atomic E-state index is 0.544. The number of halogens is 1. The van der Waals surface area contributed by atoms with Crippen molar-refractivity contribution in [2.75, 3.05) is 13.1 Å². The Labute approximate surface area is 118 Å². The van der Waals surface area contributed by atoms with Gasteiger partial charge in [0.2, 0.25) is 0 Å². The molecule has 2 bridgehead atoms. The molecule has 96 valence electrons. The van der Waals surface area contributed by atoms with Crippen LogP contribution in [0.1, 0.15) is 35.9 Å². The van der Waals surface area contributed by atoms with Crippen molar-refractivity contribution in [1.82, 2.24) is 9.57 Å². The third-order valence-corrected chi connectivity index (χ3v) is 4.80. The SMILES string of the molecule is Clc1ccc2c(c1)C1CC2CCN1CC1=CC=[N+]=C1. The number of nitrogens with zero attached hydrogens (tertiary/aromatic N) is 2. The number of hydrogen-bond donors (Lipinski definition) is 0. The van der Waals surface area contributed by atoms with Gasteiger partial charge in [-0.3, -0.25) is 4.90 Å². The largest absolute Gasteiger partial charge is 0.297 e. The van der Waals surface area contributed by atoms with E-state index in [0.717, 1.165) is 17.5 Å². The lowest BCUT2D eigenvalue weighted by molar-refractivity contribution is 0.169. The van der Waals surface area contributed by atoms with Crippen molar-refractivity contribution in [1.29, 1.82) is 0 Å². The Morgan fingerprint density at radius 3 is 3.11 bits per heavy atom. The summed E-state index contributed by atoms with van der Waals surface area (Å²) in [5, 5.41) is 0.862. The van der Waals surface area contributed by atoms with E-state index in [4.69, 9.17) is 11.6 Å². The van der Waals surface area contributed by atoms with Crippen LogP contribution >= 0.6 is 11.6 Å². The van der Waals surface area contributed by atoms with Crippen molar-refractivity contribution in [3.63, 3.8) is 0 Å². The fourth-order valence-electron chi connectivity index (χ4n) is 3.66. The highest BCUT2D eigenvalue weighted by molar-refractivity contribution is 6.30. The Balaban J connectivity index is 1.65. The number of piperidine rings is 1. The first-order valence-corrected chi connectivity index (χ1v) is 7.28. The highest BCUT2D eigenvalue weighted by Gasteiger charge is 2.39. The summed E-state index contributed by atoms with van der Waals surface area (Å²) in [6.07, 6.45) is 8.48. The van der Waals surface area contributed by atoms with E-state index in [1.54, 1.807) is 0 Å². The molecule has 2 aliphatic heterocycles. The number of likely N-dealkylation sites (tertiary alicyclic amines) is 1. The van der Waals surface area contributed by atoms with E-state index in [0.29, 0.717) is 6.04 Å². The van der Waals surface area contributed by atoms with E-state index in [-0.39, 0.29) is 0 Å². The normalized spacial score (nSPS) is 27.7. The lowest BCUT2D eigenvalue weighted by atomic mass is 9.95. The maximum absolute atomic E-state index is 6.18. The van der Waals surface area contributed by atoms with Gasteiger partial charge in [-0.2, -0.15) is 0 Å². The highest BCUT2D eigenvalue weighted by atomic mass is 35.5. The highest BCUT2D eigenvalue weighted by Crippen LogP contribution is 2.49. The molecule has 1 aromatic carbocycles. The average Bonchev–Trinajstić information content (AvgIpc) is 3.00. The summed E-state index contributed by atoms with van der Waals surface area (Å²) >= 11 is 6.18. The quantitative estimate of drug-likeness (QED) is 0.756. The monoisotopic (exact) mass is 271 g/mol. The Bertz CT molecular complexity index is 626. The Kier molecular flexibility index (Phi) is 2.63. The summed E-state index contributed by atoms with van der Waals surface area (Å²) in [6.45, 7) is 2.18. The van der Waals surface area contributed by atoms with E-state index in [2.05, 4.69) is 27.8 Å². The van der Waals surface area contributed by atoms with Gasteiger partial charge >= 0.3 is 0 Å². The van der Waals surface area contributed by atoms with Crippen LogP contribution in [0.3, 0.4) is 0 Å². The number of allylic oxidation sites excluding steroid dienone is 1. The molecule has 0 radical (unpaired) electrons. The zero-order valence-electron chi connectivity index (χ0n) is 10.7. The van der Waals surface area contributed by atoms with Crippen molar-refractivity contribution in [2.24, 2.45) is 0 Å². The molecule has 2 heterocycles. The van der Waals surface area contributed by atoms with Gasteiger partial charge in [-0.25, -0.2) is 0 Å². The van der Waals surface area contributed by atoms with Crippen molar-refractivity contribution < 1.29 is 0 Å². The number of hydrogen-bond acceptors (Lipinski definition) is 1. The van der Waals surface area contributed by atoms with Gasteiger partial charge in [0.25, 0.3) is 12.4 Å². The maximum Gasteiger partial charge on any atom is 0.297 e. The zero-order valence-corrected chi connectivity index (χ0v) is 11.5. The van der Waals surface area contributed by atoms with Gasteiger partial charge in [-0.1, -0.05) is 17.7 Å². The third kappa shape index (κ3) is 1.88. The smallest absolute Gasteiger partial charge is 0.292 e. The van der Waals surface area contributed by atoms with Crippen LogP contribution in [0.2, 0.25) is 5.02 Å². The Morgan fingerprint density at radius 2 is 2.26 bits per heavy atom. The second-order valence-electron chi connectivity index (χ2n) is 5.65. The van der Waals surface area contributed by atoms with Crippen molar-refractivity contribution >= 4 is 24.0 Å². The molecule has 2 unspecified atom stereocenters. The third-order valence-electron chi connectivity index (χ3n) is 4.56. The summed E-state index contributed by atoms with van der Waals surface area (Å²) in [5.41, 5.74) is 4.29. The summed E-state index contributed by atoms with van der Waals surface area (Å²) < 4.78 is 4.16. The molecule has 3 heteroatoms. The second kappa shape index (κ2) is 4.35. The van der Waals surface area contributed by atoms with Gasteiger partial charge in [0.05, 0.1) is 5.57 Å². The topological polar surface area (TPSA) is 17.3 Å². The fourth-order valence-corrected chi connectivity index (χ4v) is 3.84. The molecule has 19 heavy (non-hydrogen) atoms. The minimum atomic E-state index is 0.544. The molecule has 2 nitrogen and oxygen atoms in total. The molecule has 0 spiro atoms. The van der Waals surface area contributed by atoms with E-state index in [1.807, 2.05) is 18.5 Å². The molecular weight excluding hydrogens is 256 g/mol. The van der Waals surface area contributed by atoms with Crippen LogP contribution in [0.4, 0.5) is 0 Å². The van der Waals surface area contributed by atoms with Crippen LogP contribution < -0.4 is 4.67 Å². The van der Waals surface area contributed by atoms with E-state index in [1.165, 1.54) is 36.1 Å². The Morgan fingerprint density at radius 1 is 1.32 bits per heavy atom. The van der Waals surface area contributed by atoms with E-state index < -0.39 is 0 Å². The molecule has 0 N–H and O–H groups in total. The molecule has 3 aliphatic rings. The summed E-state index contributed by atoms with van der Waals surface area (Å²) in [7, 11) is 0. The van der Waals surface area contributed by atoms with Crippen LogP contribution in [0.25, 0.3) is 0 Å². The van der Waals surface area contributed by atoms with Gasteiger partial charge in [0.15, 0.2) is 0 Å². The van der Waals surface area contributed by atoms with E-state index in [9.17, 15) is 0 Å². The first-order chi connectivity index (χ1) is 9.31. The fraction of sp³-hybridized carbons (Fsp3) is 0.375. The maximum atomic E-state index is 6.18. The number of rotatable bonds is 2. The van der Waals surface area contributed by atoms with Gasteiger partial charge in [0, 0.05) is 23.7 Å². The number of fused-ring (bicyclic) bond motifs is 5. The lowest BCUT2D eigenvalue weighted by Crippen LogP contribution is -2.34. The molecular formula is C16H16ClN2+. The summed E-state index contributed by atoms with van der Waals surface area (Å²) in [5.74, 6) is 0.742. The lowest BCUT2D eigenvalue weighted by Gasteiger charge is -2.33. The molecule has 1 aliphatic carbocycles. The first-order valence-electron chi connectivity index (χ1n) is 6.90. The molecule has 4 rings (SSSR count). The first kappa shape index (κ1) is 11.5. The van der Waals surface area contributed by atoms with Crippen LogP contribution in [-0.4, -0.2) is 30.4 Å². The molecule has 2 atom stereocenters. The standard InChI is InChI=1S/C16H16ClN2/c17-13-1-2-14-12-4-6-19(10-11-3-5-18-9-11)16(7-12)15(14)8-13/h1-3,5,8-9,12,16H,4,6-7,10H2/q+1. The van der Waals surface area contributed by atoms with Gasteiger partial charge in [0.1, 0.15) is 0 Å². The van der Waals surface area contributed by atoms with Gasteiger partial charge < -0.3 is 0 Å². The molecule has 0 saturated carbocycles. The summed E-state index contributed by atoms with van der Waals surface area (Å²) in [6, 6.07) is 6.98. The molecule has 1 saturated heterocycles. The predicted octanol–water partition coefficient (Wildman–Crippen LogP) is 2.72.